The number of furan rings is 1. The normalized spacial score (nSPS) is 10.3. The zero-order valence-corrected chi connectivity index (χ0v) is 8.99. The van der Waals surface area contributed by atoms with Crippen LogP contribution in [0.25, 0.3) is 0 Å². The maximum atomic E-state index is 11.2. The van der Waals surface area contributed by atoms with Gasteiger partial charge in [-0.3, -0.25) is 0 Å². The number of rotatable bonds is 2. The van der Waals surface area contributed by atoms with E-state index in [-0.39, 0.29) is 12.1 Å². The molecule has 0 radical (unpaired) electrons. The molecule has 0 spiro atoms. The summed E-state index contributed by atoms with van der Waals surface area (Å²) in [4.78, 5) is 11.2. The van der Waals surface area contributed by atoms with Gasteiger partial charge in [0, 0.05) is 6.07 Å². The molecule has 0 atom stereocenters. The smallest absolute Gasteiger partial charge is 0.341 e. The molecule has 4 heteroatoms. The number of carbonyl (C=O) groups excluding carboxylic acids is 1. The van der Waals surface area contributed by atoms with Gasteiger partial charge in [-0.2, -0.15) is 0 Å². The maximum Gasteiger partial charge on any atom is 0.341 e. The lowest BCUT2D eigenvalue weighted by atomic mass is 10.3. The summed E-state index contributed by atoms with van der Waals surface area (Å²) in [5, 5.41) is 0. The highest BCUT2D eigenvalue weighted by Gasteiger charge is 2.11. The summed E-state index contributed by atoms with van der Waals surface area (Å²) < 4.78 is 10.6. The lowest BCUT2D eigenvalue weighted by molar-refractivity contribution is 0.0377. The van der Waals surface area contributed by atoms with Crippen LogP contribution in [0, 0.1) is 3.77 Å². The van der Waals surface area contributed by atoms with Crippen molar-refractivity contribution >= 4 is 28.6 Å². The van der Waals surface area contributed by atoms with Gasteiger partial charge in [0.25, 0.3) is 0 Å². The summed E-state index contributed by atoms with van der Waals surface area (Å²) in [6, 6.07) is 1.64. The molecule has 0 saturated heterocycles. The molecule has 1 rings (SSSR count). The van der Waals surface area contributed by atoms with Crippen molar-refractivity contribution in [1.82, 2.24) is 0 Å². The van der Waals surface area contributed by atoms with E-state index in [1.807, 2.05) is 36.4 Å². The highest BCUT2D eigenvalue weighted by molar-refractivity contribution is 14.1. The summed E-state index contributed by atoms with van der Waals surface area (Å²) in [6.45, 7) is 3.62. The fraction of sp³-hybridized carbons (Fsp3) is 0.375. The Morgan fingerprint density at radius 2 is 2.33 bits per heavy atom. The Kier molecular flexibility index (Phi) is 3.13. The first-order valence-electron chi connectivity index (χ1n) is 3.54. The number of ether oxygens (including phenoxy) is 1. The standard InChI is InChI=1S/C8H9IO3/c1-5(2)12-8(10)6-3-7(9)11-4-6/h3-5H,1-2H3. The van der Waals surface area contributed by atoms with Crippen molar-refractivity contribution in [3.63, 3.8) is 0 Å². The van der Waals surface area contributed by atoms with E-state index in [1.165, 1.54) is 6.26 Å². The van der Waals surface area contributed by atoms with E-state index < -0.39 is 0 Å². The van der Waals surface area contributed by atoms with Crippen molar-refractivity contribution in [3.05, 3.63) is 21.7 Å². The van der Waals surface area contributed by atoms with Crippen molar-refractivity contribution in [3.8, 4) is 0 Å². The Bertz CT molecular complexity index is 278. The largest absolute Gasteiger partial charge is 0.459 e. The van der Waals surface area contributed by atoms with E-state index in [9.17, 15) is 4.79 Å². The molecule has 1 aromatic rings. The molecule has 66 valence electrons. The van der Waals surface area contributed by atoms with Crippen molar-refractivity contribution in [2.24, 2.45) is 0 Å². The Balaban J connectivity index is 2.65. The van der Waals surface area contributed by atoms with Gasteiger partial charge in [0.15, 0.2) is 3.77 Å². The van der Waals surface area contributed by atoms with Crippen molar-refractivity contribution in [2.75, 3.05) is 0 Å². The van der Waals surface area contributed by atoms with Crippen LogP contribution in [0.1, 0.15) is 24.2 Å². The van der Waals surface area contributed by atoms with Crippen molar-refractivity contribution < 1.29 is 13.9 Å². The van der Waals surface area contributed by atoms with Gasteiger partial charge in [0.05, 0.1) is 11.7 Å². The van der Waals surface area contributed by atoms with Crippen LogP contribution in [0.5, 0.6) is 0 Å². The van der Waals surface area contributed by atoms with Gasteiger partial charge in [-0.15, -0.1) is 0 Å². The van der Waals surface area contributed by atoms with Gasteiger partial charge in [0.1, 0.15) is 6.26 Å². The molecule has 0 N–H and O–H groups in total. The second-order valence-corrected chi connectivity index (χ2v) is 3.66. The third-order valence-corrected chi connectivity index (χ3v) is 1.71. The molecule has 12 heavy (non-hydrogen) atoms. The first-order chi connectivity index (χ1) is 5.59. The molecule has 1 heterocycles. The molecule has 0 amide bonds. The quantitative estimate of drug-likeness (QED) is 0.617. The first-order valence-corrected chi connectivity index (χ1v) is 4.62. The minimum absolute atomic E-state index is 0.0925. The molecule has 0 aliphatic carbocycles. The Morgan fingerprint density at radius 1 is 1.67 bits per heavy atom. The van der Waals surface area contributed by atoms with E-state index in [0.717, 1.165) is 0 Å². The predicted octanol–water partition coefficient (Wildman–Crippen LogP) is 2.45. The van der Waals surface area contributed by atoms with Gasteiger partial charge >= 0.3 is 5.97 Å². The van der Waals surface area contributed by atoms with Crippen molar-refractivity contribution in [2.45, 2.75) is 20.0 Å². The highest BCUT2D eigenvalue weighted by atomic mass is 127. The summed E-state index contributed by atoms with van der Waals surface area (Å²) in [6.07, 6.45) is 1.30. The second kappa shape index (κ2) is 3.93. The highest BCUT2D eigenvalue weighted by Crippen LogP contribution is 2.11. The molecule has 1 aromatic heterocycles. The first kappa shape index (κ1) is 9.57. The lowest BCUT2D eigenvalue weighted by Crippen LogP contribution is -2.10. The summed E-state index contributed by atoms with van der Waals surface area (Å²) in [5.41, 5.74) is 0.466. The number of hydrogen-bond acceptors (Lipinski definition) is 3. The monoisotopic (exact) mass is 280 g/mol. The number of esters is 1. The molecule has 0 aliphatic rings. The molecule has 0 saturated carbocycles. The molecular formula is C8H9IO3. The third kappa shape index (κ3) is 2.51. The van der Waals surface area contributed by atoms with Crippen LogP contribution >= 0.6 is 22.6 Å². The Hall–Kier alpha value is -0.520. The van der Waals surface area contributed by atoms with Crippen LogP contribution in [0.4, 0.5) is 0 Å². The fourth-order valence-electron chi connectivity index (χ4n) is 0.699. The van der Waals surface area contributed by atoms with Crippen LogP contribution in [0.3, 0.4) is 0 Å². The zero-order chi connectivity index (χ0) is 9.14. The minimum Gasteiger partial charge on any atom is -0.459 e. The van der Waals surface area contributed by atoms with E-state index in [4.69, 9.17) is 9.15 Å². The fourth-order valence-corrected chi connectivity index (χ4v) is 1.16. The second-order valence-electron chi connectivity index (χ2n) is 2.59. The van der Waals surface area contributed by atoms with Crippen molar-refractivity contribution in [1.29, 1.82) is 0 Å². The van der Waals surface area contributed by atoms with E-state index in [0.29, 0.717) is 9.33 Å². The zero-order valence-electron chi connectivity index (χ0n) is 6.83. The van der Waals surface area contributed by atoms with Gasteiger partial charge in [-0.05, 0) is 36.4 Å². The Labute approximate surface area is 84.2 Å². The lowest BCUT2D eigenvalue weighted by Gasteiger charge is -2.04. The number of halogens is 1. The topological polar surface area (TPSA) is 39.4 Å². The van der Waals surface area contributed by atoms with E-state index >= 15 is 0 Å². The molecular weight excluding hydrogens is 271 g/mol. The molecule has 0 aliphatic heterocycles. The van der Waals surface area contributed by atoms with Gasteiger partial charge < -0.3 is 9.15 Å². The van der Waals surface area contributed by atoms with Crippen LogP contribution in [0.15, 0.2) is 16.7 Å². The molecule has 0 unspecified atom stereocenters. The predicted molar refractivity (Wildman–Crippen MR) is 52.0 cm³/mol. The average molecular weight is 280 g/mol. The van der Waals surface area contributed by atoms with Crippen LogP contribution < -0.4 is 0 Å². The summed E-state index contributed by atoms with van der Waals surface area (Å²) >= 11 is 1.99. The molecule has 0 bridgehead atoms. The third-order valence-electron chi connectivity index (χ3n) is 1.15. The van der Waals surface area contributed by atoms with E-state index in [2.05, 4.69) is 0 Å². The molecule has 0 fully saturated rings. The SMILES string of the molecule is CC(C)OC(=O)c1coc(I)c1. The summed E-state index contributed by atoms with van der Waals surface area (Å²) in [5.74, 6) is -0.336. The average Bonchev–Trinajstić information content (AvgIpc) is 2.34. The van der Waals surface area contributed by atoms with Gasteiger partial charge in [-0.1, -0.05) is 0 Å². The number of hydrogen-bond donors (Lipinski definition) is 0. The summed E-state index contributed by atoms with van der Waals surface area (Å²) in [7, 11) is 0. The maximum absolute atomic E-state index is 11.2. The number of carbonyl (C=O) groups is 1. The van der Waals surface area contributed by atoms with Gasteiger partial charge in [0.2, 0.25) is 0 Å². The van der Waals surface area contributed by atoms with E-state index in [1.54, 1.807) is 6.07 Å². The Morgan fingerprint density at radius 3 is 2.75 bits per heavy atom. The van der Waals surface area contributed by atoms with Crippen LogP contribution in [-0.4, -0.2) is 12.1 Å². The molecule has 3 nitrogen and oxygen atoms in total. The van der Waals surface area contributed by atoms with Crippen LogP contribution in [0.2, 0.25) is 0 Å². The van der Waals surface area contributed by atoms with Crippen LogP contribution in [-0.2, 0) is 4.74 Å². The minimum atomic E-state index is -0.336. The molecule has 0 aromatic carbocycles. The van der Waals surface area contributed by atoms with Gasteiger partial charge in [-0.25, -0.2) is 4.79 Å².